The number of ether oxygens (including phenoxy) is 1. The second kappa shape index (κ2) is 11.4. The maximum absolute atomic E-state index is 14.3. The van der Waals surface area contributed by atoms with Crippen molar-refractivity contribution in [3.63, 3.8) is 0 Å². The summed E-state index contributed by atoms with van der Waals surface area (Å²) in [5.74, 6) is -10.2. The number of halogens is 3. The molecule has 0 aliphatic heterocycles. The summed E-state index contributed by atoms with van der Waals surface area (Å²) in [6, 6.07) is 16.0. The van der Waals surface area contributed by atoms with Crippen molar-refractivity contribution in [2.75, 3.05) is 14.1 Å². The van der Waals surface area contributed by atoms with E-state index in [1.807, 2.05) is 0 Å². The number of amides is 1. The fourth-order valence-electron chi connectivity index (χ4n) is 7.36. The Morgan fingerprint density at radius 1 is 1.00 bits per heavy atom. The van der Waals surface area contributed by atoms with Gasteiger partial charge in [-0.15, -0.1) is 0 Å². The van der Waals surface area contributed by atoms with Crippen LogP contribution in [0.2, 0.25) is 0 Å². The van der Waals surface area contributed by atoms with Crippen LogP contribution in [0.1, 0.15) is 33.5 Å². The number of aromatic hydroxyl groups is 1. The number of ketones is 3. The Morgan fingerprint density at radius 3 is 2.26 bits per heavy atom. The fourth-order valence-corrected chi connectivity index (χ4v) is 7.36. The van der Waals surface area contributed by atoms with E-state index in [4.69, 9.17) is 10.5 Å². The van der Waals surface area contributed by atoms with Crippen molar-refractivity contribution in [3.05, 3.63) is 100 Å². The number of rotatable bonds is 6. The van der Waals surface area contributed by atoms with Gasteiger partial charge in [-0.1, -0.05) is 48.5 Å². The Hall–Kier alpha value is -4.97. The molecule has 4 N–H and O–H groups in total. The van der Waals surface area contributed by atoms with Crippen LogP contribution in [0.3, 0.4) is 0 Å². The van der Waals surface area contributed by atoms with E-state index in [-0.39, 0.29) is 36.5 Å². The quantitative estimate of drug-likeness (QED) is 0.340. The molecule has 6 rings (SSSR count). The van der Waals surface area contributed by atoms with Crippen LogP contribution in [-0.4, -0.2) is 58.1 Å². The van der Waals surface area contributed by atoms with E-state index in [2.05, 4.69) is 0 Å². The van der Waals surface area contributed by atoms with Crippen LogP contribution in [0, 0.1) is 23.7 Å². The molecular weight excluding hydrogens is 617 g/mol. The number of carbonyl (C=O) groups is 4. The first-order chi connectivity index (χ1) is 22.2. The van der Waals surface area contributed by atoms with E-state index in [9.17, 15) is 42.6 Å². The fraction of sp³-hybridized carbons (Fsp3) is 0.314. The van der Waals surface area contributed by atoms with Crippen LogP contribution < -0.4 is 5.73 Å². The second-order valence-electron chi connectivity index (χ2n) is 12.4. The number of carbonyl (C=O) groups excluding carboxylic acids is 4. The molecule has 3 aliphatic carbocycles. The minimum absolute atomic E-state index is 0.0309. The van der Waals surface area contributed by atoms with E-state index in [1.165, 1.54) is 24.3 Å². The first-order valence-electron chi connectivity index (χ1n) is 14.9. The highest BCUT2D eigenvalue weighted by atomic mass is 19.4. The van der Waals surface area contributed by atoms with E-state index in [0.717, 1.165) is 17.7 Å². The molecule has 0 spiro atoms. The van der Waals surface area contributed by atoms with Crippen molar-refractivity contribution < 1.29 is 47.3 Å². The van der Waals surface area contributed by atoms with E-state index in [1.54, 1.807) is 49.3 Å². The van der Waals surface area contributed by atoms with Crippen LogP contribution in [0.25, 0.3) is 11.1 Å². The zero-order valence-corrected chi connectivity index (χ0v) is 25.4. The number of Topliss-reactive ketones (excluding diaryl/α,β-unsaturated/α-hetero) is 3. The molecule has 1 fully saturated rings. The van der Waals surface area contributed by atoms with Gasteiger partial charge in [0.25, 0.3) is 0 Å². The third-order valence-electron chi connectivity index (χ3n) is 9.47. The number of aliphatic hydroxyl groups is 1. The van der Waals surface area contributed by atoms with Gasteiger partial charge in [-0.25, -0.2) is 0 Å². The predicted octanol–water partition coefficient (Wildman–Crippen LogP) is 4.04. The standard InChI is InChI=1S/C35H31F3N2O7/c1-40(2)28-23-15-19-14-22-21(18-8-10-20(11-9-18)35(36,37)38)12-13-24(41)26(22)29(42)25(19)31(43)34(23,46)32(44)27(33(39)45)30(28)47-16-17-6-4-3-5-7-17/h3-13,19,23,25,27,41,46H,14-16H2,1-2H3,(H2,39,45)/t19?,23-,25?,27?,34-/m0/s1. The average Bonchev–Trinajstić information content (AvgIpc) is 3.01. The molecule has 3 unspecified atom stereocenters. The lowest BCUT2D eigenvalue weighted by atomic mass is 9.54. The van der Waals surface area contributed by atoms with Gasteiger partial charge in [0.15, 0.2) is 28.9 Å². The molecule has 3 aromatic carbocycles. The molecular formula is C35H31F3N2O7. The Morgan fingerprint density at radius 2 is 1.66 bits per heavy atom. The summed E-state index contributed by atoms with van der Waals surface area (Å²) in [6.07, 6.45) is -4.59. The van der Waals surface area contributed by atoms with Crippen molar-refractivity contribution in [2.45, 2.75) is 31.2 Å². The molecule has 0 saturated heterocycles. The largest absolute Gasteiger partial charge is 0.507 e. The van der Waals surface area contributed by atoms with Gasteiger partial charge in [-0.05, 0) is 59.2 Å². The van der Waals surface area contributed by atoms with Gasteiger partial charge in [-0.3, -0.25) is 19.2 Å². The van der Waals surface area contributed by atoms with Gasteiger partial charge in [0, 0.05) is 20.0 Å². The number of phenols is 1. The zero-order chi connectivity index (χ0) is 34.0. The van der Waals surface area contributed by atoms with Crippen LogP contribution in [-0.2, 0) is 38.3 Å². The molecule has 5 atom stereocenters. The number of primary amides is 1. The highest BCUT2D eigenvalue weighted by molar-refractivity contribution is 6.26. The molecule has 0 aromatic heterocycles. The normalized spacial score (nSPS) is 25.5. The molecule has 3 aliphatic rings. The summed E-state index contributed by atoms with van der Waals surface area (Å²) in [5.41, 5.74) is 3.84. The van der Waals surface area contributed by atoms with Crippen LogP contribution in [0.4, 0.5) is 13.2 Å². The summed E-state index contributed by atoms with van der Waals surface area (Å²) >= 11 is 0. The highest BCUT2D eigenvalue weighted by Gasteiger charge is 2.67. The summed E-state index contributed by atoms with van der Waals surface area (Å²) in [5, 5.41) is 22.8. The van der Waals surface area contributed by atoms with Crippen molar-refractivity contribution in [3.8, 4) is 16.9 Å². The molecule has 1 amide bonds. The van der Waals surface area contributed by atoms with Crippen molar-refractivity contribution in [1.82, 2.24) is 4.90 Å². The molecule has 9 nitrogen and oxygen atoms in total. The van der Waals surface area contributed by atoms with Crippen LogP contribution in [0.15, 0.2) is 78.2 Å². The lowest BCUT2D eigenvalue weighted by molar-refractivity contribution is -0.170. The smallest absolute Gasteiger partial charge is 0.416 e. The maximum Gasteiger partial charge on any atom is 0.416 e. The topological polar surface area (TPSA) is 147 Å². The average molecular weight is 649 g/mol. The number of alkyl halides is 3. The lowest BCUT2D eigenvalue weighted by Crippen LogP contribution is -2.68. The molecule has 1 saturated carbocycles. The predicted molar refractivity (Wildman–Crippen MR) is 161 cm³/mol. The maximum atomic E-state index is 14.3. The van der Waals surface area contributed by atoms with E-state index < -0.39 is 70.0 Å². The Kier molecular flexibility index (Phi) is 7.74. The first kappa shape index (κ1) is 32.0. The minimum Gasteiger partial charge on any atom is -0.507 e. The van der Waals surface area contributed by atoms with Crippen LogP contribution >= 0.6 is 0 Å². The number of nitrogens with two attached hydrogens (primary N) is 1. The number of phenolic OH excluding ortho intramolecular Hbond substituents is 1. The molecule has 0 bridgehead atoms. The molecule has 3 aromatic rings. The Balaban J connectivity index is 1.46. The number of benzene rings is 3. The Labute approximate surface area is 267 Å². The molecule has 0 heterocycles. The van der Waals surface area contributed by atoms with Gasteiger partial charge < -0.3 is 25.6 Å². The summed E-state index contributed by atoms with van der Waals surface area (Å²) in [4.78, 5) is 56.6. The van der Waals surface area contributed by atoms with E-state index in [0.29, 0.717) is 16.7 Å². The molecule has 0 radical (unpaired) electrons. The lowest BCUT2D eigenvalue weighted by Gasteiger charge is -2.51. The van der Waals surface area contributed by atoms with Crippen molar-refractivity contribution in [2.24, 2.45) is 29.4 Å². The third kappa shape index (κ3) is 5.07. The van der Waals surface area contributed by atoms with Crippen molar-refractivity contribution in [1.29, 1.82) is 0 Å². The van der Waals surface area contributed by atoms with E-state index >= 15 is 0 Å². The minimum atomic E-state index is -4.55. The summed E-state index contributed by atoms with van der Waals surface area (Å²) in [6.45, 7) is -0.0443. The van der Waals surface area contributed by atoms with Gasteiger partial charge in [0.1, 0.15) is 18.1 Å². The summed E-state index contributed by atoms with van der Waals surface area (Å²) in [7, 11) is 3.21. The number of hydrogen-bond donors (Lipinski definition) is 3. The van der Waals surface area contributed by atoms with Gasteiger partial charge in [-0.2, -0.15) is 13.2 Å². The monoisotopic (exact) mass is 648 g/mol. The molecule has 47 heavy (non-hydrogen) atoms. The highest BCUT2D eigenvalue weighted by Crippen LogP contribution is 2.53. The van der Waals surface area contributed by atoms with Crippen molar-refractivity contribution >= 4 is 23.3 Å². The number of hydrogen-bond acceptors (Lipinski definition) is 8. The zero-order valence-electron chi connectivity index (χ0n) is 25.4. The van der Waals surface area contributed by atoms with Gasteiger partial charge >= 0.3 is 6.18 Å². The number of fused-ring (bicyclic) bond motifs is 3. The third-order valence-corrected chi connectivity index (χ3v) is 9.47. The molecule has 244 valence electrons. The second-order valence-corrected chi connectivity index (χ2v) is 12.4. The van der Waals surface area contributed by atoms with Crippen LogP contribution in [0.5, 0.6) is 5.75 Å². The Bertz CT molecular complexity index is 1840. The summed E-state index contributed by atoms with van der Waals surface area (Å²) < 4.78 is 45.8. The first-order valence-corrected chi connectivity index (χ1v) is 14.9. The molecule has 12 heteroatoms. The van der Waals surface area contributed by atoms with Gasteiger partial charge in [0.2, 0.25) is 5.91 Å². The number of nitrogens with zero attached hydrogens (tertiary/aromatic N) is 1. The SMILES string of the molecule is CN(C)C1=C(OCc2ccccc2)C(C(N)=O)C(=O)[C@@]2(O)C(=O)C3C(=O)c4c(O)ccc(-c5ccc(C(F)(F)F)cc5)c4CC3C[C@@H]12. The van der Waals surface area contributed by atoms with Gasteiger partial charge in [0.05, 0.1) is 22.7 Å².